The lowest BCUT2D eigenvalue weighted by Crippen LogP contribution is -2.00. The molecule has 2 aromatic rings. The molecule has 2 rings (SSSR count). The molecule has 17 heavy (non-hydrogen) atoms. The molecule has 0 radical (unpaired) electrons. The third-order valence-corrected chi connectivity index (χ3v) is 2.64. The van der Waals surface area contributed by atoms with Gasteiger partial charge in [0.05, 0.1) is 12.7 Å². The molecule has 4 heteroatoms. The van der Waals surface area contributed by atoms with Gasteiger partial charge < -0.3 is 15.5 Å². The summed E-state index contributed by atoms with van der Waals surface area (Å²) in [6.45, 7) is 1.84. The zero-order valence-electron chi connectivity index (χ0n) is 9.78. The first-order chi connectivity index (χ1) is 8.11. The van der Waals surface area contributed by atoms with E-state index in [0.29, 0.717) is 11.3 Å². The molecule has 0 unspecified atom stereocenters. The van der Waals surface area contributed by atoms with Gasteiger partial charge in [-0.05, 0) is 30.7 Å². The number of anilines is 1. The Labute approximate surface area is 99.4 Å². The highest BCUT2D eigenvalue weighted by molar-refractivity contribution is 5.92. The smallest absolute Gasteiger partial charge is 0.339 e. The van der Waals surface area contributed by atoms with Gasteiger partial charge in [0.25, 0.3) is 0 Å². The fourth-order valence-corrected chi connectivity index (χ4v) is 1.70. The molecule has 88 valence electrons. The maximum Gasteiger partial charge on any atom is 0.339 e. The van der Waals surface area contributed by atoms with E-state index in [1.165, 1.54) is 7.11 Å². The van der Waals surface area contributed by atoms with Gasteiger partial charge in [-0.25, -0.2) is 4.79 Å². The maximum absolute atomic E-state index is 11.5. The molecule has 0 aliphatic carbocycles. The lowest BCUT2D eigenvalue weighted by atomic mass is 10.1. The summed E-state index contributed by atoms with van der Waals surface area (Å²) >= 11 is 0. The van der Waals surface area contributed by atoms with E-state index in [9.17, 15) is 4.79 Å². The molecule has 1 aromatic carbocycles. The third-order valence-electron chi connectivity index (χ3n) is 2.64. The number of nitrogens with two attached hydrogens (primary N) is 1. The largest absolute Gasteiger partial charge is 0.465 e. The second kappa shape index (κ2) is 4.33. The first kappa shape index (κ1) is 11.3. The van der Waals surface area contributed by atoms with E-state index >= 15 is 0 Å². The molecule has 3 N–H and O–H groups in total. The van der Waals surface area contributed by atoms with Gasteiger partial charge in [-0.15, -0.1) is 0 Å². The minimum atomic E-state index is -0.333. The standard InChI is InChI=1S/C13H14N2O2/c1-8-11(13(16)17-2)7-12(15-8)9-3-5-10(14)6-4-9/h3-7,15H,14H2,1-2H3. The maximum atomic E-state index is 11.5. The number of H-pyrrole nitrogens is 1. The molecule has 0 spiro atoms. The monoisotopic (exact) mass is 230 g/mol. The number of rotatable bonds is 2. The highest BCUT2D eigenvalue weighted by Gasteiger charge is 2.13. The molecule has 0 aliphatic heterocycles. The number of hydrogen-bond donors (Lipinski definition) is 2. The summed E-state index contributed by atoms with van der Waals surface area (Å²) in [4.78, 5) is 14.6. The van der Waals surface area contributed by atoms with Gasteiger partial charge in [-0.3, -0.25) is 0 Å². The van der Waals surface area contributed by atoms with E-state index in [2.05, 4.69) is 4.98 Å². The van der Waals surface area contributed by atoms with E-state index in [0.717, 1.165) is 17.0 Å². The van der Waals surface area contributed by atoms with Gasteiger partial charge in [-0.1, -0.05) is 12.1 Å². The van der Waals surface area contributed by atoms with Crippen molar-refractivity contribution in [2.45, 2.75) is 6.92 Å². The molecule has 0 amide bonds. The highest BCUT2D eigenvalue weighted by atomic mass is 16.5. The second-order valence-corrected chi connectivity index (χ2v) is 3.84. The number of carbonyl (C=O) groups excluding carboxylic acids is 1. The molecule has 0 bridgehead atoms. The lowest BCUT2D eigenvalue weighted by Gasteiger charge is -1.98. The van der Waals surface area contributed by atoms with Crippen LogP contribution >= 0.6 is 0 Å². The second-order valence-electron chi connectivity index (χ2n) is 3.84. The van der Waals surface area contributed by atoms with Gasteiger partial charge in [-0.2, -0.15) is 0 Å². The number of methoxy groups -OCH3 is 1. The van der Waals surface area contributed by atoms with E-state index in [-0.39, 0.29) is 5.97 Å². The van der Waals surface area contributed by atoms with Crippen LogP contribution in [0.5, 0.6) is 0 Å². The molecule has 0 atom stereocenters. The zero-order chi connectivity index (χ0) is 12.4. The van der Waals surface area contributed by atoms with Crippen molar-refractivity contribution in [2.24, 2.45) is 0 Å². The van der Waals surface area contributed by atoms with Crippen LogP contribution in [0.1, 0.15) is 16.1 Å². The number of hydrogen-bond acceptors (Lipinski definition) is 3. The highest BCUT2D eigenvalue weighted by Crippen LogP contribution is 2.23. The summed E-state index contributed by atoms with van der Waals surface area (Å²) in [7, 11) is 1.37. The first-order valence-corrected chi connectivity index (χ1v) is 5.25. The van der Waals surface area contributed by atoms with Crippen molar-refractivity contribution in [1.29, 1.82) is 0 Å². The van der Waals surface area contributed by atoms with Gasteiger partial charge in [0.15, 0.2) is 0 Å². The lowest BCUT2D eigenvalue weighted by molar-refractivity contribution is 0.0600. The molecule has 1 heterocycles. The topological polar surface area (TPSA) is 68.1 Å². The van der Waals surface area contributed by atoms with E-state index in [1.807, 2.05) is 31.2 Å². The van der Waals surface area contributed by atoms with Crippen LogP contribution in [0.4, 0.5) is 5.69 Å². The Hall–Kier alpha value is -2.23. The summed E-state index contributed by atoms with van der Waals surface area (Å²) in [6.07, 6.45) is 0. The van der Waals surface area contributed by atoms with E-state index in [1.54, 1.807) is 6.07 Å². The van der Waals surface area contributed by atoms with E-state index < -0.39 is 0 Å². The van der Waals surface area contributed by atoms with Gasteiger partial charge in [0.1, 0.15) is 0 Å². The number of nitrogen functional groups attached to an aromatic ring is 1. The van der Waals surface area contributed by atoms with Gasteiger partial charge in [0.2, 0.25) is 0 Å². The van der Waals surface area contributed by atoms with Crippen LogP contribution in [-0.2, 0) is 4.74 Å². The predicted octanol–water partition coefficient (Wildman–Crippen LogP) is 2.36. The molecule has 1 aromatic heterocycles. The molecule has 0 saturated heterocycles. The molecule has 0 aliphatic rings. The summed E-state index contributed by atoms with van der Waals surface area (Å²) in [5.74, 6) is -0.333. The van der Waals surface area contributed by atoms with Crippen molar-refractivity contribution in [1.82, 2.24) is 4.98 Å². The Morgan fingerprint density at radius 1 is 1.29 bits per heavy atom. The Kier molecular flexibility index (Phi) is 2.87. The van der Waals surface area contributed by atoms with E-state index in [4.69, 9.17) is 10.5 Å². The Morgan fingerprint density at radius 2 is 1.94 bits per heavy atom. The number of aromatic amines is 1. The Bertz CT molecular complexity index is 541. The number of aromatic nitrogens is 1. The first-order valence-electron chi connectivity index (χ1n) is 5.25. The van der Waals surface area contributed by atoms with Crippen molar-refractivity contribution < 1.29 is 9.53 Å². The minimum Gasteiger partial charge on any atom is -0.465 e. The Morgan fingerprint density at radius 3 is 2.53 bits per heavy atom. The number of carbonyl (C=O) groups is 1. The average Bonchev–Trinajstić information content (AvgIpc) is 2.71. The van der Waals surface area contributed by atoms with Crippen molar-refractivity contribution in [3.8, 4) is 11.3 Å². The van der Waals surface area contributed by atoms with Crippen molar-refractivity contribution in [3.05, 3.63) is 41.6 Å². The summed E-state index contributed by atoms with van der Waals surface area (Å²) < 4.78 is 4.71. The number of esters is 1. The Balaban J connectivity index is 2.41. The van der Waals surface area contributed by atoms with Gasteiger partial charge >= 0.3 is 5.97 Å². The predicted molar refractivity (Wildman–Crippen MR) is 66.7 cm³/mol. The van der Waals surface area contributed by atoms with Crippen LogP contribution in [0.25, 0.3) is 11.3 Å². The SMILES string of the molecule is COC(=O)c1cc(-c2ccc(N)cc2)[nH]c1C. The normalized spacial score (nSPS) is 10.2. The van der Waals surface area contributed by atoms with Crippen molar-refractivity contribution >= 4 is 11.7 Å². The summed E-state index contributed by atoms with van der Waals surface area (Å²) in [5.41, 5.74) is 9.55. The molecule has 4 nitrogen and oxygen atoms in total. The van der Waals surface area contributed by atoms with Crippen LogP contribution < -0.4 is 5.73 Å². The summed E-state index contributed by atoms with van der Waals surface area (Å²) in [6, 6.07) is 9.24. The van der Waals surface area contributed by atoms with Crippen LogP contribution in [0.3, 0.4) is 0 Å². The fourth-order valence-electron chi connectivity index (χ4n) is 1.70. The fraction of sp³-hybridized carbons (Fsp3) is 0.154. The molecule has 0 fully saturated rings. The van der Waals surface area contributed by atoms with Crippen LogP contribution in [0.15, 0.2) is 30.3 Å². The number of nitrogens with one attached hydrogen (secondary N) is 1. The molecular weight excluding hydrogens is 216 g/mol. The van der Waals surface area contributed by atoms with Crippen LogP contribution in [-0.4, -0.2) is 18.1 Å². The molecular formula is C13H14N2O2. The van der Waals surface area contributed by atoms with Crippen LogP contribution in [0, 0.1) is 6.92 Å². The molecule has 0 saturated carbocycles. The zero-order valence-corrected chi connectivity index (χ0v) is 9.78. The number of ether oxygens (including phenoxy) is 1. The summed E-state index contributed by atoms with van der Waals surface area (Å²) in [5, 5.41) is 0. The average molecular weight is 230 g/mol. The quantitative estimate of drug-likeness (QED) is 0.614. The van der Waals surface area contributed by atoms with Crippen LogP contribution in [0.2, 0.25) is 0 Å². The third kappa shape index (κ3) is 2.15. The van der Waals surface area contributed by atoms with Gasteiger partial charge in [0, 0.05) is 17.1 Å². The number of aryl methyl sites for hydroxylation is 1. The van der Waals surface area contributed by atoms with Crippen molar-refractivity contribution in [3.63, 3.8) is 0 Å². The van der Waals surface area contributed by atoms with Crippen molar-refractivity contribution in [2.75, 3.05) is 12.8 Å². The number of benzene rings is 1. The minimum absolute atomic E-state index is 0.333.